The number of rotatable bonds is 2. The predicted octanol–water partition coefficient (Wildman–Crippen LogP) is 4.33. The number of hydrogen-bond donors (Lipinski definition) is 0. The van der Waals surface area contributed by atoms with Crippen molar-refractivity contribution in [2.75, 3.05) is 0 Å². The smallest absolute Gasteiger partial charge is 0.255 e. The molecule has 100 valence electrons. The Balaban J connectivity index is 2.49. The molecule has 0 saturated heterocycles. The first kappa shape index (κ1) is 13.7. The number of halogens is 6. The van der Waals surface area contributed by atoms with E-state index in [2.05, 4.69) is 25.7 Å². The average Bonchev–Trinajstić information content (AvgIpc) is 2.34. The second-order valence-electron chi connectivity index (χ2n) is 3.33. The number of aromatic nitrogens is 1. The maximum absolute atomic E-state index is 13.4. The highest BCUT2D eigenvalue weighted by Crippen LogP contribution is 2.31. The molecule has 0 bridgehead atoms. The zero-order valence-electron chi connectivity index (χ0n) is 8.86. The van der Waals surface area contributed by atoms with E-state index in [1.54, 1.807) is 0 Å². The van der Waals surface area contributed by atoms with Crippen LogP contribution in [-0.4, -0.2) is 4.98 Å². The Labute approximate surface area is 112 Å². The summed E-state index contributed by atoms with van der Waals surface area (Å²) >= 11 is 2.96. The van der Waals surface area contributed by atoms with Gasteiger partial charge in [0.2, 0.25) is 17.4 Å². The molecule has 0 aliphatic heterocycles. The molecule has 0 amide bonds. The maximum atomic E-state index is 13.4. The van der Waals surface area contributed by atoms with E-state index in [1.165, 1.54) is 6.07 Å². The second kappa shape index (κ2) is 5.12. The first-order valence-electron chi connectivity index (χ1n) is 4.73. The van der Waals surface area contributed by atoms with Gasteiger partial charge >= 0.3 is 0 Å². The summed E-state index contributed by atoms with van der Waals surface area (Å²) in [5, 5.41) is 0. The number of pyridine rings is 1. The lowest BCUT2D eigenvalue weighted by atomic mass is 10.3. The second-order valence-corrected chi connectivity index (χ2v) is 4.24. The van der Waals surface area contributed by atoms with Crippen molar-refractivity contribution in [1.82, 2.24) is 4.98 Å². The third kappa shape index (κ3) is 2.67. The summed E-state index contributed by atoms with van der Waals surface area (Å²) in [5.41, 5.74) is 0. The number of hydrogen-bond acceptors (Lipinski definition) is 2. The minimum Gasteiger partial charge on any atom is -0.448 e. The van der Waals surface area contributed by atoms with Crippen LogP contribution >= 0.6 is 15.9 Å². The van der Waals surface area contributed by atoms with Gasteiger partial charge in [0.15, 0.2) is 11.6 Å². The maximum Gasteiger partial charge on any atom is 0.255 e. The summed E-state index contributed by atoms with van der Waals surface area (Å²) in [7, 11) is 0. The van der Waals surface area contributed by atoms with E-state index in [-0.39, 0.29) is 0 Å². The zero-order valence-corrected chi connectivity index (χ0v) is 10.4. The SMILES string of the molecule is Fc1cc(Br)ccc1Oc1c(F)c(F)nc(F)c1F. The lowest BCUT2D eigenvalue weighted by Gasteiger charge is -2.09. The molecule has 1 heterocycles. The van der Waals surface area contributed by atoms with Crippen molar-refractivity contribution in [3.05, 3.63) is 52.0 Å². The van der Waals surface area contributed by atoms with Crippen LogP contribution in [0.15, 0.2) is 22.7 Å². The van der Waals surface area contributed by atoms with Gasteiger partial charge in [-0.3, -0.25) is 0 Å². The molecule has 0 saturated carbocycles. The highest BCUT2D eigenvalue weighted by molar-refractivity contribution is 9.10. The third-order valence-corrected chi connectivity index (χ3v) is 2.56. The van der Waals surface area contributed by atoms with E-state index in [0.717, 1.165) is 12.1 Å². The zero-order chi connectivity index (χ0) is 14.2. The van der Waals surface area contributed by atoms with Crippen LogP contribution in [0.25, 0.3) is 0 Å². The Morgan fingerprint density at radius 2 is 1.53 bits per heavy atom. The molecule has 1 aromatic carbocycles. The van der Waals surface area contributed by atoms with Crippen molar-refractivity contribution >= 4 is 15.9 Å². The quantitative estimate of drug-likeness (QED) is 0.600. The Bertz CT molecular complexity index is 623. The van der Waals surface area contributed by atoms with Crippen molar-refractivity contribution in [2.45, 2.75) is 0 Å². The molecule has 0 fully saturated rings. The van der Waals surface area contributed by atoms with Crippen LogP contribution < -0.4 is 4.74 Å². The van der Waals surface area contributed by atoms with Crippen LogP contribution in [0.5, 0.6) is 11.5 Å². The Morgan fingerprint density at radius 3 is 2.05 bits per heavy atom. The van der Waals surface area contributed by atoms with Crippen molar-refractivity contribution in [2.24, 2.45) is 0 Å². The van der Waals surface area contributed by atoms with Crippen molar-refractivity contribution in [3.8, 4) is 11.5 Å². The van der Waals surface area contributed by atoms with Gasteiger partial charge in [0.05, 0.1) is 0 Å². The molecule has 0 spiro atoms. The molecule has 0 atom stereocenters. The fraction of sp³-hybridized carbons (Fsp3) is 0. The van der Waals surface area contributed by atoms with E-state index in [0.29, 0.717) is 4.47 Å². The van der Waals surface area contributed by atoms with Crippen molar-refractivity contribution in [1.29, 1.82) is 0 Å². The molecule has 0 aliphatic rings. The van der Waals surface area contributed by atoms with Crippen LogP contribution in [0, 0.1) is 29.3 Å². The van der Waals surface area contributed by atoms with Gasteiger partial charge in [0, 0.05) is 4.47 Å². The summed E-state index contributed by atoms with van der Waals surface area (Å²) in [4.78, 5) is 2.35. The van der Waals surface area contributed by atoms with Crippen LogP contribution in [0.2, 0.25) is 0 Å². The topological polar surface area (TPSA) is 22.1 Å². The Kier molecular flexibility index (Phi) is 3.70. The fourth-order valence-corrected chi connectivity index (χ4v) is 1.56. The van der Waals surface area contributed by atoms with Gasteiger partial charge in [0.1, 0.15) is 0 Å². The number of benzene rings is 1. The largest absolute Gasteiger partial charge is 0.448 e. The van der Waals surface area contributed by atoms with Gasteiger partial charge in [-0.2, -0.15) is 22.5 Å². The molecular formula is C11H3BrF5NO. The van der Waals surface area contributed by atoms with Crippen LogP contribution in [-0.2, 0) is 0 Å². The van der Waals surface area contributed by atoms with E-state index >= 15 is 0 Å². The number of nitrogens with zero attached hydrogens (tertiary/aromatic N) is 1. The van der Waals surface area contributed by atoms with Gasteiger partial charge in [0.25, 0.3) is 11.9 Å². The minimum atomic E-state index is -1.88. The molecular weight excluding hydrogens is 337 g/mol. The highest BCUT2D eigenvalue weighted by atomic mass is 79.9. The Hall–Kier alpha value is -1.70. The normalized spacial score (nSPS) is 10.6. The summed E-state index contributed by atoms with van der Waals surface area (Å²) < 4.78 is 70.4. The van der Waals surface area contributed by atoms with Crippen LogP contribution in [0.1, 0.15) is 0 Å². The Morgan fingerprint density at radius 1 is 0.947 bits per heavy atom. The van der Waals surface area contributed by atoms with Gasteiger partial charge in [-0.1, -0.05) is 15.9 Å². The van der Waals surface area contributed by atoms with Gasteiger partial charge in [-0.15, -0.1) is 0 Å². The van der Waals surface area contributed by atoms with E-state index in [4.69, 9.17) is 0 Å². The summed E-state index contributed by atoms with van der Waals surface area (Å²) in [5.74, 6) is -10.4. The summed E-state index contributed by atoms with van der Waals surface area (Å²) in [6.45, 7) is 0. The molecule has 0 radical (unpaired) electrons. The van der Waals surface area contributed by atoms with Crippen LogP contribution in [0.3, 0.4) is 0 Å². The van der Waals surface area contributed by atoms with Gasteiger partial charge in [-0.05, 0) is 18.2 Å². The lowest BCUT2D eigenvalue weighted by Crippen LogP contribution is -2.03. The molecule has 0 N–H and O–H groups in total. The molecule has 19 heavy (non-hydrogen) atoms. The molecule has 1 aromatic heterocycles. The molecule has 2 nitrogen and oxygen atoms in total. The first-order valence-corrected chi connectivity index (χ1v) is 5.52. The lowest BCUT2D eigenvalue weighted by molar-refractivity contribution is 0.335. The minimum absolute atomic E-state index is 0.352. The van der Waals surface area contributed by atoms with Crippen molar-refractivity contribution < 1.29 is 26.7 Å². The standard InChI is InChI=1S/C11H3BrF5NO/c12-4-1-2-6(5(13)3-4)19-9-7(14)10(16)18-11(17)8(9)15/h1-3H. The van der Waals surface area contributed by atoms with Gasteiger partial charge in [-0.25, -0.2) is 4.39 Å². The average molecular weight is 340 g/mol. The van der Waals surface area contributed by atoms with Crippen molar-refractivity contribution in [3.63, 3.8) is 0 Å². The molecule has 2 rings (SSSR count). The monoisotopic (exact) mass is 339 g/mol. The third-order valence-electron chi connectivity index (χ3n) is 2.06. The predicted molar refractivity (Wildman–Crippen MR) is 58.2 cm³/mol. The molecule has 0 aliphatic carbocycles. The van der Waals surface area contributed by atoms with E-state index < -0.39 is 40.8 Å². The number of ether oxygens (including phenoxy) is 1. The molecule has 2 aromatic rings. The molecule has 8 heteroatoms. The highest BCUT2D eigenvalue weighted by Gasteiger charge is 2.23. The molecule has 0 unspecified atom stereocenters. The van der Waals surface area contributed by atoms with Gasteiger partial charge < -0.3 is 4.74 Å². The van der Waals surface area contributed by atoms with E-state index in [9.17, 15) is 22.0 Å². The fourth-order valence-electron chi connectivity index (χ4n) is 1.23. The summed E-state index contributed by atoms with van der Waals surface area (Å²) in [6.07, 6.45) is 0. The first-order chi connectivity index (χ1) is 8.90. The van der Waals surface area contributed by atoms with Crippen LogP contribution in [0.4, 0.5) is 22.0 Å². The summed E-state index contributed by atoms with van der Waals surface area (Å²) in [6, 6.07) is 3.32. The van der Waals surface area contributed by atoms with E-state index in [1.807, 2.05) is 0 Å².